The summed E-state index contributed by atoms with van der Waals surface area (Å²) in [6.45, 7) is 4.34. The van der Waals surface area contributed by atoms with E-state index in [4.69, 9.17) is 0 Å². The molecule has 1 N–H and O–H groups in total. The summed E-state index contributed by atoms with van der Waals surface area (Å²) >= 11 is 7.01. The second-order valence-corrected chi connectivity index (χ2v) is 9.91. The molecule has 0 spiro atoms. The standard InChI is InChI=1S/C23H21Br2NO/c1-23(2)12-20-22(21(27)13-23)18(14-3-7-16(24)8-4-14)11-19(26-20)15-5-9-17(25)10-6-15/h3-11,18,26H,12-13H2,1-2H3. The average Bonchev–Trinajstić information content (AvgIpc) is 2.61. The fourth-order valence-corrected chi connectivity index (χ4v) is 4.52. The smallest absolute Gasteiger partial charge is 0.162 e. The fourth-order valence-electron chi connectivity index (χ4n) is 3.99. The van der Waals surface area contributed by atoms with Gasteiger partial charge < -0.3 is 5.32 Å². The van der Waals surface area contributed by atoms with E-state index in [-0.39, 0.29) is 17.1 Å². The lowest BCUT2D eigenvalue weighted by atomic mass is 9.70. The molecule has 1 aliphatic heterocycles. The molecule has 1 unspecified atom stereocenters. The Kier molecular flexibility index (Phi) is 4.89. The Balaban J connectivity index is 1.83. The molecule has 0 bridgehead atoms. The molecule has 0 saturated heterocycles. The summed E-state index contributed by atoms with van der Waals surface area (Å²) in [6, 6.07) is 16.6. The summed E-state index contributed by atoms with van der Waals surface area (Å²) in [7, 11) is 0. The maximum Gasteiger partial charge on any atom is 0.162 e. The minimum atomic E-state index is -0.0185. The van der Waals surface area contributed by atoms with E-state index in [1.54, 1.807) is 0 Å². The number of Topliss-reactive ketones (excluding diaryl/α,β-unsaturated/α-hetero) is 1. The summed E-state index contributed by atoms with van der Waals surface area (Å²) < 4.78 is 2.10. The van der Waals surface area contributed by atoms with Crippen LogP contribution >= 0.6 is 31.9 Å². The zero-order valence-electron chi connectivity index (χ0n) is 15.4. The number of hydrogen-bond donors (Lipinski definition) is 1. The van der Waals surface area contributed by atoms with Gasteiger partial charge in [-0.2, -0.15) is 0 Å². The first-order valence-electron chi connectivity index (χ1n) is 9.09. The van der Waals surface area contributed by atoms with Crippen molar-refractivity contribution >= 4 is 43.3 Å². The van der Waals surface area contributed by atoms with Crippen molar-refractivity contribution in [1.82, 2.24) is 5.32 Å². The van der Waals surface area contributed by atoms with Crippen LogP contribution in [-0.2, 0) is 4.79 Å². The topological polar surface area (TPSA) is 29.1 Å². The molecular weight excluding hydrogens is 466 g/mol. The molecule has 0 radical (unpaired) electrons. The molecule has 2 aromatic rings. The van der Waals surface area contributed by atoms with E-state index in [0.717, 1.165) is 43.5 Å². The molecule has 2 nitrogen and oxygen atoms in total. The number of halogens is 2. The first-order chi connectivity index (χ1) is 12.8. The molecule has 4 heteroatoms. The highest BCUT2D eigenvalue weighted by Crippen LogP contribution is 2.45. The van der Waals surface area contributed by atoms with Gasteiger partial charge in [-0.1, -0.05) is 70.0 Å². The first kappa shape index (κ1) is 18.7. The quantitative estimate of drug-likeness (QED) is 0.519. The molecule has 2 aliphatic rings. The second-order valence-electron chi connectivity index (χ2n) is 8.07. The molecule has 0 fully saturated rings. The van der Waals surface area contributed by atoms with Crippen LogP contribution in [0.2, 0.25) is 0 Å². The molecule has 1 aliphatic carbocycles. The van der Waals surface area contributed by atoms with Crippen LogP contribution in [-0.4, -0.2) is 5.78 Å². The fraction of sp³-hybridized carbons (Fsp3) is 0.261. The number of allylic oxidation sites excluding steroid dienone is 3. The van der Waals surface area contributed by atoms with Gasteiger partial charge >= 0.3 is 0 Å². The van der Waals surface area contributed by atoms with E-state index in [1.807, 2.05) is 24.3 Å². The monoisotopic (exact) mass is 485 g/mol. The van der Waals surface area contributed by atoms with Crippen LogP contribution in [0.4, 0.5) is 0 Å². The Labute approximate surface area is 177 Å². The Bertz CT molecular complexity index is 953. The molecule has 1 atom stereocenters. The zero-order valence-corrected chi connectivity index (χ0v) is 18.5. The normalized spacial score (nSPS) is 21.4. The number of nitrogens with one attached hydrogen (secondary N) is 1. The van der Waals surface area contributed by atoms with Crippen LogP contribution in [0.5, 0.6) is 0 Å². The van der Waals surface area contributed by atoms with Crippen molar-refractivity contribution in [2.45, 2.75) is 32.6 Å². The van der Waals surface area contributed by atoms with Gasteiger partial charge in [0.15, 0.2) is 5.78 Å². The Morgan fingerprint density at radius 1 is 0.926 bits per heavy atom. The zero-order chi connectivity index (χ0) is 19.2. The highest BCUT2D eigenvalue weighted by Gasteiger charge is 2.38. The number of carbonyl (C=O) groups is 1. The van der Waals surface area contributed by atoms with E-state index in [2.05, 4.69) is 81.4 Å². The Hall–Kier alpha value is -1.65. The van der Waals surface area contributed by atoms with Crippen molar-refractivity contribution in [2.24, 2.45) is 5.41 Å². The van der Waals surface area contributed by atoms with Gasteiger partial charge in [0.05, 0.1) is 0 Å². The van der Waals surface area contributed by atoms with Crippen LogP contribution < -0.4 is 5.32 Å². The van der Waals surface area contributed by atoms with Crippen molar-refractivity contribution in [3.63, 3.8) is 0 Å². The van der Waals surface area contributed by atoms with Gasteiger partial charge in [-0.05, 0) is 53.3 Å². The number of ketones is 1. The van der Waals surface area contributed by atoms with Crippen LogP contribution in [0.25, 0.3) is 5.70 Å². The number of rotatable bonds is 2. The van der Waals surface area contributed by atoms with Gasteiger partial charge in [0.1, 0.15) is 0 Å². The summed E-state index contributed by atoms with van der Waals surface area (Å²) in [6.07, 6.45) is 3.68. The van der Waals surface area contributed by atoms with Gasteiger partial charge in [0.25, 0.3) is 0 Å². The van der Waals surface area contributed by atoms with Crippen molar-refractivity contribution in [2.75, 3.05) is 0 Å². The predicted molar refractivity (Wildman–Crippen MR) is 117 cm³/mol. The molecule has 0 aromatic heterocycles. The maximum atomic E-state index is 13.0. The number of dihydropyridines is 1. The second kappa shape index (κ2) is 7.06. The molecule has 4 rings (SSSR count). The molecule has 27 heavy (non-hydrogen) atoms. The van der Waals surface area contributed by atoms with Gasteiger partial charge in [-0.3, -0.25) is 4.79 Å². The molecule has 138 valence electrons. The van der Waals surface area contributed by atoms with Gasteiger partial charge in [0.2, 0.25) is 0 Å². The average molecular weight is 487 g/mol. The maximum absolute atomic E-state index is 13.0. The van der Waals surface area contributed by atoms with Crippen molar-refractivity contribution in [3.05, 3.63) is 85.9 Å². The highest BCUT2D eigenvalue weighted by molar-refractivity contribution is 9.10. The first-order valence-corrected chi connectivity index (χ1v) is 10.7. The lowest BCUT2D eigenvalue weighted by Gasteiger charge is -2.38. The van der Waals surface area contributed by atoms with Crippen molar-refractivity contribution < 1.29 is 4.79 Å². The third-order valence-corrected chi connectivity index (χ3v) is 6.29. The molecule has 1 heterocycles. The van der Waals surface area contributed by atoms with E-state index in [9.17, 15) is 4.79 Å². The minimum Gasteiger partial charge on any atom is -0.358 e. The van der Waals surface area contributed by atoms with Gasteiger partial charge in [-0.15, -0.1) is 0 Å². The third-order valence-electron chi connectivity index (χ3n) is 5.23. The predicted octanol–water partition coefficient (Wildman–Crippen LogP) is 6.58. The van der Waals surface area contributed by atoms with Crippen molar-refractivity contribution in [3.8, 4) is 0 Å². The lowest BCUT2D eigenvalue weighted by molar-refractivity contribution is -0.118. The highest BCUT2D eigenvalue weighted by atomic mass is 79.9. The number of carbonyl (C=O) groups excluding carboxylic acids is 1. The summed E-state index contributed by atoms with van der Waals surface area (Å²) in [5.74, 6) is 0.240. The molecular formula is C23H21Br2NO. The minimum absolute atomic E-state index is 0.0170. The van der Waals surface area contributed by atoms with Gasteiger partial charge in [-0.25, -0.2) is 0 Å². The summed E-state index contributed by atoms with van der Waals surface area (Å²) in [5.41, 5.74) is 5.33. The van der Waals surface area contributed by atoms with Crippen molar-refractivity contribution in [1.29, 1.82) is 0 Å². The lowest BCUT2D eigenvalue weighted by Crippen LogP contribution is -2.35. The van der Waals surface area contributed by atoms with E-state index >= 15 is 0 Å². The third kappa shape index (κ3) is 3.83. The van der Waals surface area contributed by atoms with Crippen LogP contribution in [0.3, 0.4) is 0 Å². The largest absolute Gasteiger partial charge is 0.358 e. The Morgan fingerprint density at radius 3 is 2.15 bits per heavy atom. The summed E-state index contributed by atoms with van der Waals surface area (Å²) in [5, 5.41) is 3.58. The van der Waals surface area contributed by atoms with E-state index in [0.29, 0.717) is 6.42 Å². The Morgan fingerprint density at radius 2 is 1.52 bits per heavy atom. The van der Waals surface area contributed by atoms with E-state index in [1.165, 1.54) is 0 Å². The number of hydrogen-bond acceptors (Lipinski definition) is 2. The summed E-state index contributed by atoms with van der Waals surface area (Å²) in [4.78, 5) is 13.0. The molecule has 0 saturated carbocycles. The van der Waals surface area contributed by atoms with E-state index < -0.39 is 0 Å². The number of benzene rings is 2. The SMILES string of the molecule is CC1(C)CC(=O)C2=C(C1)NC(c1ccc(Br)cc1)=CC2c1ccc(Br)cc1. The molecule has 0 amide bonds. The molecule has 2 aromatic carbocycles. The van der Waals surface area contributed by atoms with Crippen LogP contribution in [0, 0.1) is 5.41 Å². The van der Waals surface area contributed by atoms with Gasteiger partial charge in [0, 0.05) is 38.3 Å². The van der Waals surface area contributed by atoms with Crippen LogP contribution in [0.15, 0.2) is 74.8 Å². The van der Waals surface area contributed by atoms with Crippen LogP contribution in [0.1, 0.15) is 43.7 Å².